The molecule has 0 atom stereocenters. The number of aryl methyl sites for hydroxylation is 2. The molecule has 1 aromatic heterocycles. The van der Waals surface area contributed by atoms with Crippen LogP contribution in [0, 0.1) is 6.92 Å². The van der Waals surface area contributed by atoms with Gasteiger partial charge in [0.2, 0.25) is 0 Å². The van der Waals surface area contributed by atoms with Crippen LogP contribution in [0.3, 0.4) is 0 Å². The molecule has 0 amide bonds. The van der Waals surface area contributed by atoms with Crippen LogP contribution in [-0.2, 0) is 22.8 Å². The maximum Gasteiger partial charge on any atom is 0.152 e. The average Bonchev–Trinajstić information content (AvgIpc) is 2.32. The molecule has 2 heterocycles. The van der Waals surface area contributed by atoms with Crippen molar-refractivity contribution in [1.82, 2.24) is 15.0 Å². The van der Waals surface area contributed by atoms with Gasteiger partial charge in [-0.3, -0.25) is 0 Å². The van der Waals surface area contributed by atoms with Crippen LogP contribution >= 0.6 is 0 Å². The summed E-state index contributed by atoms with van der Waals surface area (Å²) < 4.78 is 24.3. The monoisotopic (exact) mass is 201 g/mol. The van der Waals surface area contributed by atoms with E-state index in [4.69, 9.17) is 0 Å². The average molecular weight is 201 g/mol. The highest BCUT2D eigenvalue weighted by Crippen LogP contribution is 2.11. The molecule has 0 bridgehead atoms. The molecule has 0 aliphatic carbocycles. The summed E-state index contributed by atoms with van der Waals surface area (Å²) in [6.07, 6.45) is 0.543. The number of hydrogen-bond donors (Lipinski definition) is 0. The fourth-order valence-electron chi connectivity index (χ4n) is 1.49. The van der Waals surface area contributed by atoms with E-state index in [9.17, 15) is 8.42 Å². The van der Waals surface area contributed by atoms with E-state index in [2.05, 4.69) is 10.3 Å². The molecule has 0 fully saturated rings. The first-order chi connectivity index (χ1) is 6.08. The first-order valence-corrected chi connectivity index (χ1v) is 6.00. The van der Waals surface area contributed by atoms with Crippen molar-refractivity contribution in [2.45, 2.75) is 19.9 Å². The smallest absolute Gasteiger partial charge is 0.152 e. The number of rotatable bonds is 0. The third kappa shape index (κ3) is 1.58. The first kappa shape index (κ1) is 8.68. The lowest BCUT2D eigenvalue weighted by molar-refractivity contribution is 0.580. The summed E-state index contributed by atoms with van der Waals surface area (Å²) in [6, 6.07) is 0. The summed E-state index contributed by atoms with van der Waals surface area (Å²) in [6.45, 7) is 2.30. The Hall–Kier alpha value is -0.910. The van der Waals surface area contributed by atoms with Crippen LogP contribution in [0.2, 0.25) is 0 Å². The van der Waals surface area contributed by atoms with Gasteiger partial charge in [-0.05, 0) is 6.92 Å². The minimum Gasteiger partial charge on any atom is -0.248 e. The van der Waals surface area contributed by atoms with Gasteiger partial charge in [0.05, 0.1) is 29.4 Å². The maximum atomic E-state index is 11.3. The van der Waals surface area contributed by atoms with Crippen LogP contribution in [0.25, 0.3) is 0 Å². The lowest BCUT2D eigenvalue weighted by Crippen LogP contribution is -2.12. The predicted octanol–water partition coefficient (Wildman–Crippen LogP) is -0.443. The second-order valence-corrected chi connectivity index (χ2v) is 5.55. The van der Waals surface area contributed by atoms with Gasteiger partial charge in [0.15, 0.2) is 9.84 Å². The molecular formula is C7H11N3O2S. The molecule has 0 spiro atoms. The Kier molecular flexibility index (Phi) is 1.87. The zero-order valence-electron chi connectivity index (χ0n) is 7.39. The summed E-state index contributed by atoms with van der Waals surface area (Å²) in [4.78, 5) is 0. The summed E-state index contributed by atoms with van der Waals surface area (Å²) >= 11 is 0. The van der Waals surface area contributed by atoms with Crippen LogP contribution in [0.1, 0.15) is 11.4 Å². The molecule has 5 nitrogen and oxygen atoms in total. The van der Waals surface area contributed by atoms with Gasteiger partial charge in [-0.15, -0.1) is 5.10 Å². The molecule has 0 N–H and O–H groups in total. The molecule has 2 rings (SSSR count). The van der Waals surface area contributed by atoms with Crippen molar-refractivity contribution in [3.63, 3.8) is 0 Å². The first-order valence-electron chi connectivity index (χ1n) is 4.18. The number of fused-ring (bicyclic) bond motifs is 1. The quantitative estimate of drug-likeness (QED) is 0.570. The largest absolute Gasteiger partial charge is 0.248 e. The van der Waals surface area contributed by atoms with Gasteiger partial charge in [-0.2, -0.15) is 0 Å². The molecule has 0 saturated carbocycles. The van der Waals surface area contributed by atoms with Crippen LogP contribution in [-0.4, -0.2) is 34.9 Å². The van der Waals surface area contributed by atoms with Crippen LogP contribution in [0.4, 0.5) is 0 Å². The normalized spacial score (nSPS) is 20.7. The Morgan fingerprint density at radius 3 is 2.92 bits per heavy atom. The number of aromatic nitrogens is 3. The van der Waals surface area contributed by atoms with Crippen LogP contribution < -0.4 is 0 Å². The van der Waals surface area contributed by atoms with Crippen molar-refractivity contribution in [3.8, 4) is 0 Å². The third-order valence-electron chi connectivity index (χ3n) is 2.30. The molecule has 0 unspecified atom stereocenters. The van der Waals surface area contributed by atoms with E-state index in [1.807, 2.05) is 6.92 Å². The van der Waals surface area contributed by atoms with Crippen LogP contribution in [0.5, 0.6) is 0 Å². The predicted molar refractivity (Wildman–Crippen MR) is 47.1 cm³/mol. The molecule has 72 valence electrons. The second-order valence-electron chi connectivity index (χ2n) is 3.25. The van der Waals surface area contributed by atoms with Gasteiger partial charge >= 0.3 is 0 Å². The lowest BCUT2D eigenvalue weighted by Gasteiger charge is -1.97. The Balaban J connectivity index is 2.38. The Morgan fingerprint density at radius 2 is 2.15 bits per heavy atom. The highest BCUT2D eigenvalue weighted by molar-refractivity contribution is 7.91. The Morgan fingerprint density at radius 1 is 1.38 bits per heavy atom. The van der Waals surface area contributed by atoms with E-state index in [1.165, 1.54) is 0 Å². The van der Waals surface area contributed by atoms with Crippen LogP contribution in [0.15, 0.2) is 0 Å². The highest BCUT2D eigenvalue weighted by atomic mass is 32.2. The summed E-state index contributed by atoms with van der Waals surface area (Å²) in [5.41, 5.74) is 1.80. The van der Waals surface area contributed by atoms with Gasteiger partial charge in [0, 0.05) is 6.42 Å². The van der Waals surface area contributed by atoms with Crippen molar-refractivity contribution >= 4 is 9.84 Å². The minimum atomic E-state index is -2.86. The third-order valence-corrected chi connectivity index (χ3v) is 3.93. The molecule has 6 heteroatoms. The van der Waals surface area contributed by atoms with Crippen molar-refractivity contribution in [3.05, 3.63) is 11.4 Å². The summed E-state index contributed by atoms with van der Waals surface area (Å²) in [5, 5.41) is 7.79. The van der Waals surface area contributed by atoms with Gasteiger partial charge in [0.25, 0.3) is 0 Å². The molecule has 13 heavy (non-hydrogen) atoms. The summed E-state index contributed by atoms with van der Waals surface area (Å²) in [5.74, 6) is 0.407. The van der Waals surface area contributed by atoms with E-state index in [1.54, 1.807) is 4.68 Å². The van der Waals surface area contributed by atoms with E-state index in [0.717, 1.165) is 11.4 Å². The molecule has 1 aromatic rings. The van der Waals surface area contributed by atoms with Gasteiger partial charge in [0.1, 0.15) is 0 Å². The molecule has 0 radical (unpaired) electrons. The van der Waals surface area contributed by atoms with Crippen molar-refractivity contribution in [2.24, 2.45) is 0 Å². The van der Waals surface area contributed by atoms with E-state index in [-0.39, 0.29) is 11.5 Å². The minimum absolute atomic E-state index is 0.183. The van der Waals surface area contributed by atoms with Crippen molar-refractivity contribution < 1.29 is 8.42 Å². The number of hydrogen-bond acceptors (Lipinski definition) is 4. The number of sulfone groups is 1. The highest BCUT2D eigenvalue weighted by Gasteiger charge is 2.20. The topological polar surface area (TPSA) is 64.8 Å². The zero-order valence-corrected chi connectivity index (χ0v) is 8.21. The fourth-order valence-corrected chi connectivity index (χ4v) is 2.65. The van der Waals surface area contributed by atoms with Gasteiger partial charge < -0.3 is 0 Å². The maximum absolute atomic E-state index is 11.3. The van der Waals surface area contributed by atoms with E-state index in [0.29, 0.717) is 13.0 Å². The van der Waals surface area contributed by atoms with Crippen molar-refractivity contribution in [2.75, 3.05) is 11.5 Å². The Labute approximate surface area is 76.7 Å². The number of nitrogens with zero attached hydrogens (tertiary/aromatic N) is 3. The van der Waals surface area contributed by atoms with Gasteiger partial charge in [-0.25, -0.2) is 13.1 Å². The SMILES string of the molecule is Cc1nnn2c1CCS(=O)(=O)CC2. The lowest BCUT2D eigenvalue weighted by atomic mass is 10.3. The summed E-state index contributed by atoms with van der Waals surface area (Å²) in [7, 11) is -2.86. The van der Waals surface area contributed by atoms with Crippen molar-refractivity contribution in [1.29, 1.82) is 0 Å². The molecule has 0 aromatic carbocycles. The van der Waals surface area contributed by atoms with E-state index >= 15 is 0 Å². The zero-order chi connectivity index (χ0) is 9.47. The molecule has 1 aliphatic heterocycles. The standard InChI is InChI=1S/C7H11N3O2S/c1-6-7-2-4-13(11,12)5-3-10(7)9-8-6/h2-5H2,1H3. The second kappa shape index (κ2) is 2.80. The molecule has 1 aliphatic rings. The Bertz CT molecular complexity index is 421. The molecule has 0 saturated heterocycles. The fraction of sp³-hybridized carbons (Fsp3) is 0.714. The molecular weight excluding hydrogens is 190 g/mol. The van der Waals surface area contributed by atoms with Gasteiger partial charge in [-0.1, -0.05) is 5.21 Å². The van der Waals surface area contributed by atoms with E-state index < -0.39 is 9.84 Å².